The van der Waals surface area contributed by atoms with Gasteiger partial charge in [0.15, 0.2) is 5.65 Å². The lowest BCUT2D eigenvalue weighted by atomic mass is 9.87. The number of hydrogen-bond donors (Lipinski definition) is 2. The fraction of sp³-hybridized carbons (Fsp3) is 0.588. The highest BCUT2D eigenvalue weighted by molar-refractivity contribution is 6.04. The molecule has 2 aliphatic rings. The van der Waals surface area contributed by atoms with Gasteiger partial charge in [0.2, 0.25) is 0 Å². The zero-order valence-corrected chi connectivity index (χ0v) is 13.1. The van der Waals surface area contributed by atoms with Gasteiger partial charge in [0.25, 0.3) is 5.91 Å². The summed E-state index contributed by atoms with van der Waals surface area (Å²) in [6, 6.07) is 0.240. The Labute approximate surface area is 129 Å². The Balaban J connectivity index is 1.62. The van der Waals surface area contributed by atoms with E-state index in [4.69, 9.17) is 0 Å². The van der Waals surface area contributed by atoms with Gasteiger partial charge in [0.05, 0.1) is 17.5 Å². The van der Waals surface area contributed by atoms with E-state index in [1.54, 1.807) is 6.20 Å². The van der Waals surface area contributed by atoms with Gasteiger partial charge in [-0.05, 0) is 31.1 Å². The van der Waals surface area contributed by atoms with Gasteiger partial charge in [0, 0.05) is 18.2 Å². The molecule has 0 saturated heterocycles. The first-order chi connectivity index (χ1) is 10.5. The van der Waals surface area contributed by atoms with Crippen molar-refractivity contribution in [3.63, 3.8) is 0 Å². The third kappa shape index (κ3) is 2.28. The quantitative estimate of drug-likeness (QED) is 0.914. The van der Waals surface area contributed by atoms with Crippen LogP contribution in [0.1, 0.15) is 67.9 Å². The normalized spacial score (nSPS) is 23.8. The molecule has 0 aromatic carbocycles. The molecule has 4 rings (SSSR count). The SMILES string of the molecule is CC1(C)CCCC1NC(=O)c1c[nH]c2ncc(C3CC3)nc12. The van der Waals surface area contributed by atoms with Crippen LogP contribution in [-0.2, 0) is 0 Å². The maximum Gasteiger partial charge on any atom is 0.255 e. The molecule has 2 aromatic heterocycles. The summed E-state index contributed by atoms with van der Waals surface area (Å²) in [7, 11) is 0. The highest BCUT2D eigenvalue weighted by atomic mass is 16.1. The highest BCUT2D eigenvalue weighted by Crippen LogP contribution is 2.39. The molecule has 2 saturated carbocycles. The summed E-state index contributed by atoms with van der Waals surface area (Å²) >= 11 is 0. The molecule has 22 heavy (non-hydrogen) atoms. The summed E-state index contributed by atoms with van der Waals surface area (Å²) in [6.45, 7) is 4.45. The smallest absolute Gasteiger partial charge is 0.255 e. The van der Waals surface area contributed by atoms with Crippen molar-refractivity contribution >= 4 is 17.1 Å². The number of amides is 1. The first-order valence-corrected chi connectivity index (χ1v) is 8.19. The van der Waals surface area contributed by atoms with Crippen molar-refractivity contribution in [2.75, 3.05) is 0 Å². The van der Waals surface area contributed by atoms with Crippen LogP contribution < -0.4 is 5.32 Å². The summed E-state index contributed by atoms with van der Waals surface area (Å²) in [5.41, 5.74) is 3.21. The molecule has 2 N–H and O–H groups in total. The third-order valence-electron chi connectivity index (χ3n) is 5.20. The number of fused-ring (bicyclic) bond motifs is 1. The van der Waals surface area contributed by atoms with Gasteiger partial charge in [-0.2, -0.15) is 0 Å². The Hall–Kier alpha value is -1.91. The number of carbonyl (C=O) groups is 1. The monoisotopic (exact) mass is 298 g/mol. The average Bonchev–Trinajstić information content (AvgIpc) is 3.17. The first-order valence-electron chi connectivity index (χ1n) is 8.19. The molecule has 1 atom stereocenters. The number of carbonyl (C=O) groups excluding carboxylic acids is 1. The molecule has 5 heteroatoms. The van der Waals surface area contributed by atoms with Crippen molar-refractivity contribution in [1.82, 2.24) is 20.3 Å². The predicted molar refractivity (Wildman–Crippen MR) is 84.7 cm³/mol. The summed E-state index contributed by atoms with van der Waals surface area (Å²) in [4.78, 5) is 24.8. The van der Waals surface area contributed by atoms with Gasteiger partial charge in [-0.25, -0.2) is 9.97 Å². The fourth-order valence-electron chi connectivity index (χ4n) is 3.48. The van der Waals surface area contributed by atoms with E-state index < -0.39 is 0 Å². The predicted octanol–water partition coefficient (Wildman–Crippen LogP) is 3.14. The van der Waals surface area contributed by atoms with E-state index in [2.05, 4.69) is 34.1 Å². The second-order valence-corrected chi connectivity index (χ2v) is 7.38. The molecule has 1 amide bonds. The molecule has 2 aliphatic carbocycles. The van der Waals surface area contributed by atoms with Crippen molar-refractivity contribution in [3.8, 4) is 0 Å². The molecule has 5 nitrogen and oxygen atoms in total. The Morgan fingerprint density at radius 1 is 1.36 bits per heavy atom. The number of nitrogens with zero attached hydrogens (tertiary/aromatic N) is 2. The first kappa shape index (κ1) is 13.7. The van der Waals surface area contributed by atoms with Gasteiger partial charge in [-0.15, -0.1) is 0 Å². The highest BCUT2D eigenvalue weighted by Gasteiger charge is 2.36. The summed E-state index contributed by atoms with van der Waals surface area (Å²) in [6.07, 6.45) is 9.33. The molecule has 2 heterocycles. The molecule has 116 valence electrons. The van der Waals surface area contributed by atoms with Crippen LogP contribution in [0.2, 0.25) is 0 Å². The number of rotatable bonds is 3. The molecule has 0 spiro atoms. The largest absolute Gasteiger partial charge is 0.349 e. The van der Waals surface area contributed by atoms with Crippen LogP contribution in [0.3, 0.4) is 0 Å². The van der Waals surface area contributed by atoms with E-state index in [9.17, 15) is 4.79 Å². The Morgan fingerprint density at radius 2 is 2.18 bits per heavy atom. The standard InChI is InChI=1S/C17H22N4O/c1-17(2)7-3-4-13(17)21-16(22)11-8-18-15-14(11)20-12(9-19-15)10-5-6-10/h8-10,13H,3-7H2,1-2H3,(H,18,19)(H,21,22). The third-order valence-corrected chi connectivity index (χ3v) is 5.20. The molecular formula is C17H22N4O. The van der Waals surface area contributed by atoms with Gasteiger partial charge < -0.3 is 10.3 Å². The van der Waals surface area contributed by atoms with Crippen LogP contribution in [-0.4, -0.2) is 26.9 Å². The van der Waals surface area contributed by atoms with Crippen molar-refractivity contribution < 1.29 is 4.79 Å². The lowest BCUT2D eigenvalue weighted by molar-refractivity contribution is 0.0911. The van der Waals surface area contributed by atoms with Crippen LogP contribution in [0.5, 0.6) is 0 Å². The molecular weight excluding hydrogens is 276 g/mol. The van der Waals surface area contributed by atoms with E-state index in [0.717, 1.165) is 18.5 Å². The number of hydrogen-bond acceptors (Lipinski definition) is 3. The van der Waals surface area contributed by atoms with Crippen LogP contribution in [0, 0.1) is 5.41 Å². The van der Waals surface area contributed by atoms with Gasteiger partial charge in [-0.1, -0.05) is 20.3 Å². The molecule has 0 bridgehead atoms. The van der Waals surface area contributed by atoms with Crippen LogP contribution in [0.4, 0.5) is 0 Å². The zero-order valence-electron chi connectivity index (χ0n) is 13.1. The molecule has 2 aromatic rings. The van der Waals surface area contributed by atoms with Crippen molar-refractivity contribution in [3.05, 3.63) is 23.7 Å². The number of aromatic nitrogens is 3. The fourth-order valence-corrected chi connectivity index (χ4v) is 3.48. The second kappa shape index (κ2) is 4.80. The minimum atomic E-state index is -0.0338. The van der Waals surface area contributed by atoms with Crippen molar-refractivity contribution in [2.45, 2.75) is 57.9 Å². The van der Waals surface area contributed by atoms with Gasteiger partial charge in [-0.3, -0.25) is 4.79 Å². The van der Waals surface area contributed by atoms with Crippen LogP contribution in [0.25, 0.3) is 11.2 Å². The molecule has 2 fully saturated rings. The molecule has 0 radical (unpaired) electrons. The maximum absolute atomic E-state index is 12.7. The van der Waals surface area contributed by atoms with E-state index in [1.165, 1.54) is 19.3 Å². The summed E-state index contributed by atoms with van der Waals surface area (Å²) < 4.78 is 0. The molecule has 1 unspecified atom stereocenters. The summed E-state index contributed by atoms with van der Waals surface area (Å²) in [5, 5.41) is 3.20. The minimum Gasteiger partial charge on any atom is -0.349 e. The minimum absolute atomic E-state index is 0.0338. The average molecular weight is 298 g/mol. The van der Waals surface area contributed by atoms with E-state index >= 15 is 0 Å². The number of aromatic amines is 1. The maximum atomic E-state index is 12.7. The Kier molecular flexibility index (Phi) is 2.99. The topological polar surface area (TPSA) is 70.7 Å². The second-order valence-electron chi connectivity index (χ2n) is 7.38. The van der Waals surface area contributed by atoms with Crippen LogP contribution >= 0.6 is 0 Å². The van der Waals surface area contributed by atoms with Gasteiger partial charge in [0.1, 0.15) is 5.52 Å². The molecule has 0 aliphatic heterocycles. The Morgan fingerprint density at radius 3 is 2.86 bits per heavy atom. The number of H-pyrrole nitrogens is 1. The van der Waals surface area contributed by atoms with E-state index in [0.29, 0.717) is 22.6 Å². The number of nitrogens with one attached hydrogen (secondary N) is 2. The van der Waals surface area contributed by atoms with Gasteiger partial charge >= 0.3 is 0 Å². The van der Waals surface area contributed by atoms with Crippen LogP contribution in [0.15, 0.2) is 12.4 Å². The summed E-state index contributed by atoms with van der Waals surface area (Å²) in [5.74, 6) is 0.505. The van der Waals surface area contributed by atoms with E-state index in [1.807, 2.05) is 6.20 Å². The Bertz CT molecular complexity index is 729. The lowest BCUT2D eigenvalue weighted by Gasteiger charge is -2.27. The zero-order chi connectivity index (χ0) is 15.3. The van der Waals surface area contributed by atoms with Crippen molar-refractivity contribution in [1.29, 1.82) is 0 Å². The van der Waals surface area contributed by atoms with Crippen molar-refractivity contribution in [2.24, 2.45) is 5.41 Å². The van der Waals surface area contributed by atoms with E-state index in [-0.39, 0.29) is 17.4 Å². The lowest BCUT2D eigenvalue weighted by Crippen LogP contribution is -2.41.